The Morgan fingerprint density at radius 3 is 2.33 bits per heavy atom. The first-order valence-corrected chi connectivity index (χ1v) is 4.95. The average Bonchev–Trinajstić information content (AvgIpc) is 2.57. The summed E-state index contributed by atoms with van der Waals surface area (Å²) in [6, 6.07) is 4.11. The lowest BCUT2D eigenvalue weighted by Gasteiger charge is -2.08. The molecule has 0 amide bonds. The van der Waals surface area contributed by atoms with Crippen molar-refractivity contribution in [2.45, 2.75) is 6.18 Å². The van der Waals surface area contributed by atoms with Crippen LogP contribution in [0.25, 0.3) is 11.3 Å². The van der Waals surface area contributed by atoms with Gasteiger partial charge < -0.3 is 5.73 Å². The van der Waals surface area contributed by atoms with Crippen LogP contribution in [-0.4, -0.2) is 9.78 Å². The Labute approximate surface area is 99.8 Å². The molecule has 0 bridgehead atoms. The zero-order valence-corrected chi connectivity index (χ0v) is 9.29. The summed E-state index contributed by atoms with van der Waals surface area (Å²) in [5.74, 6) is -0.991. The summed E-state index contributed by atoms with van der Waals surface area (Å²) in [7, 11) is 1.58. The van der Waals surface area contributed by atoms with Crippen LogP contribution in [0.3, 0.4) is 0 Å². The monoisotopic (exact) mass is 259 g/mol. The Kier molecular flexibility index (Phi) is 2.76. The third-order valence-corrected chi connectivity index (χ3v) is 2.49. The highest BCUT2D eigenvalue weighted by Crippen LogP contribution is 2.33. The van der Waals surface area contributed by atoms with Crippen LogP contribution in [0, 0.1) is 5.82 Å². The summed E-state index contributed by atoms with van der Waals surface area (Å²) in [6.07, 6.45) is -4.70. The highest BCUT2D eigenvalue weighted by atomic mass is 19.4. The highest BCUT2D eigenvalue weighted by Gasteiger charge is 2.34. The third-order valence-electron chi connectivity index (χ3n) is 2.49. The van der Waals surface area contributed by atoms with Gasteiger partial charge in [0.15, 0.2) is 0 Å². The summed E-state index contributed by atoms with van der Waals surface area (Å²) in [5, 5.41) is 3.96. The van der Waals surface area contributed by atoms with E-state index in [2.05, 4.69) is 5.10 Å². The van der Waals surface area contributed by atoms with Gasteiger partial charge in [-0.05, 0) is 12.1 Å². The average molecular weight is 259 g/mol. The van der Waals surface area contributed by atoms with Crippen molar-refractivity contribution < 1.29 is 17.6 Å². The van der Waals surface area contributed by atoms with E-state index in [9.17, 15) is 17.6 Å². The standard InChI is InChI=1S/C11H9F4N3/c1-18-10(16)5-9(17-18)6-2-3-7(8(12)4-6)11(13,14)15/h2-5H,16H2,1H3. The van der Waals surface area contributed by atoms with Gasteiger partial charge in [0.25, 0.3) is 0 Å². The van der Waals surface area contributed by atoms with Crippen LogP contribution in [0.15, 0.2) is 24.3 Å². The predicted octanol–water partition coefficient (Wildman–Crippen LogP) is 2.83. The van der Waals surface area contributed by atoms with Crippen LogP contribution in [0.1, 0.15) is 5.56 Å². The fraction of sp³-hybridized carbons (Fsp3) is 0.182. The molecular weight excluding hydrogens is 250 g/mol. The predicted molar refractivity (Wildman–Crippen MR) is 58.0 cm³/mol. The van der Waals surface area contributed by atoms with Gasteiger partial charge >= 0.3 is 6.18 Å². The molecule has 1 aromatic heterocycles. The number of benzene rings is 1. The Morgan fingerprint density at radius 1 is 1.22 bits per heavy atom. The Hall–Kier alpha value is -2.05. The Morgan fingerprint density at radius 2 is 1.89 bits per heavy atom. The van der Waals surface area contributed by atoms with E-state index in [1.165, 1.54) is 10.7 Å². The smallest absolute Gasteiger partial charge is 0.384 e. The number of aromatic nitrogens is 2. The molecule has 0 aliphatic heterocycles. The fourth-order valence-corrected chi connectivity index (χ4v) is 1.53. The van der Waals surface area contributed by atoms with E-state index in [0.717, 1.165) is 12.1 Å². The number of hydrogen-bond donors (Lipinski definition) is 1. The second-order valence-electron chi connectivity index (χ2n) is 3.77. The molecule has 0 saturated carbocycles. The van der Waals surface area contributed by atoms with Crippen molar-refractivity contribution in [1.29, 1.82) is 0 Å². The van der Waals surface area contributed by atoms with Gasteiger partial charge in [0, 0.05) is 18.7 Å². The number of halogens is 4. The molecule has 2 N–H and O–H groups in total. The lowest BCUT2D eigenvalue weighted by molar-refractivity contribution is -0.139. The van der Waals surface area contributed by atoms with Crippen LogP contribution in [-0.2, 0) is 13.2 Å². The van der Waals surface area contributed by atoms with Gasteiger partial charge in [-0.3, -0.25) is 4.68 Å². The molecular formula is C11H9F4N3. The van der Waals surface area contributed by atoms with Crippen molar-refractivity contribution in [2.75, 3.05) is 5.73 Å². The summed E-state index contributed by atoms with van der Waals surface area (Å²) >= 11 is 0. The molecule has 0 aliphatic carbocycles. The summed E-state index contributed by atoms with van der Waals surface area (Å²) < 4.78 is 51.8. The van der Waals surface area contributed by atoms with Gasteiger partial charge in [0.1, 0.15) is 11.6 Å². The normalized spacial score (nSPS) is 11.8. The van der Waals surface area contributed by atoms with Gasteiger partial charge in [-0.25, -0.2) is 4.39 Å². The van der Waals surface area contributed by atoms with Gasteiger partial charge in [0.05, 0.1) is 11.3 Å². The summed E-state index contributed by atoms with van der Waals surface area (Å²) in [6.45, 7) is 0. The van der Waals surface area contributed by atoms with Gasteiger partial charge in [-0.2, -0.15) is 18.3 Å². The second kappa shape index (κ2) is 4.01. The van der Waals surface area contributed by atoms with Crippen LogP contribution < -0.4 is 5.73 Å². The van der Waals surface area contributed by atoms with E-state index in [-0.39, 0.29) is 5.56 Å². The third kappa shape index (κ3) is 2.15. The SMILES string of the molecule is Cn1nc(-c2ccc(C(F)(F)F)c(F)c2)cc1N. The first-order chi connectivity index (χ1) is 8.29. The van der Waals surface area contributed by atoms with E-state index in [0.29, 0.717) is 17.6 Å². The first kappa shape index (κ1) is 12.4. The molecule has 96 valence electrons. The number of rotatable bonds is 1. The number of anilines is 1. The quantitative estimate of drug-likeness (QED) is 0.800. The highest BCUT2D eigenvalue weighted by molar-refractivity contribution is 5.62. The molecule has 0 spiro atoms. The Bertz CT molecular complexity index is 567. The van der Waals surface area contributed by atoms with Crippen LogP contribution >= 0.6 is 0 Å². The van der Waals surface area contributed by atoms with E-state index >= 15 is 0 Å². The van der Waals surface area contributed by atoms with Crippen LogP contribution in [0.5, 0.6) is 0 Å². The van der Waals surface area contributed by atoms with Crippen molar-refractivity contribution in [3.05, 3.63) is 35.6 Å². The molecule has 0 atom stereocenters. The molecule has 0 saturated heterocycles. The Balaban J connectivity index is 2.46. The van der Waals surface area contributed by atoms with Crippen LogP contribution in [0.2, 0.25) is 0 Å². The number of nitrogen functional groups attached to an aromatic ring is 1. The van der Waals surface area contributed by atoms with Crippen molar-refractivity contribution in [2.24, 2.45) is 7.05 Å². The maximum atomic E-state index is 13.4. The molecule has 0 fully saturated rings. The van der Waals surface area contributed by atoms with Crippen molar-refractivity contribution >= 4 is 5.82 Å². The zero-order chi connectivity index (χ0) is 13.5. The zero-order valence-electron chi connectivity index (χ0n) is 9.29. The molecule has 0 unspecified atom stereocenters. The lowest BCUT2D eigenvalue weighted by atomic mass is 10.1. The molecule has 18 heavy (non-hydrogen) atoms. The maximum Gasteiger partial charge on any atom is 0.419 e. The lowest BCUT2D eigenvalue weighted by Crippen LogP contribution is -2.07. The van der Waals surface area contributed by atoms with E-state index < -0.39 is 17.6 Å². The maximum absolute atomic E-state index is 13.4. The molecule has 7 heteroatoms. The van der Waals surface area contributed by atoms with E-state index in [4.69, 9.17) is 5.73 Å². The molecule has 0 aliphatic rings. The van der Waals surface area contributed by atoms with Crippen molar-refractivity contribution in [3.8, 4) is 11.3 Å². The van der Waals surface area contributed by atoms with Gasteiger partial charge in [0.2, 0.25) is 0 Å². The molecule has 2 aromatic rings. The fourth-order valence-electron chi connectivity index (χ4n) is 1.53. The number of nitrogens with zero attached hydrogens (tertiary/aromatic N) is 2. The minimum absolute atomic E-state index is 0.243. The van der Waals surface area contributed by atoms with Gasteiger partial charge in [-0.1, -0.05) is 6.07 Å². The van der Waals surface area contributed by atoms with Crippen molar-refractivity contribution in [1.82, 2.24) is 9.78 Å². The molecule has 0 radical (unpaired) electrons. The number of nitrogens with two attached hydrogens (primary N) is 1. The number of hydrogen-bond acceptors (Lipinski definition) is 2. The summed E-state index contributed by atoms with van der Waals surface area (Å²) in [4.78, 5) is 0. The van der Waals surface area contributed by atoms with Crippen LogP contribution in [0.4, 0.5) is 23.4 Å². The minimum atomic E-state index is -4.70. The number of aryl methyl sites for hydroxylation is 1. The first-order valence-electron chi connectivity index (χ1n) is 4.95. The van der Waals surface area contributed by atoms with Crippen molar-refractivity contribution in [3.63, 3.8) is 0 Å². The molecule has 1 heterocycles. The summed E-state index contributed by atoms with van der Waals surface area (Å²) in [5.41, 5.74) is 4.81. The topological polar surface area (TPSA) is 43.8 Å². The van der Waals surface area contributed by atoms with E-state index in [1.54, 1.807) is 7.05 Å². The minimum Gasteiger partial charge on any atom is -0.384 e. The van der Waals surface area contributed by atoms with Gasteiger partial charge in [-0.15, -0.1) is 0 Å². The molecule has 3 nitrogen and oxygen atoms in total. The largest absolute Gasteiger partial charge is 0.419 e. The number of alkyl halides is 3. The van der Waals surface area contributed by atoms with E-state index in [1.807, 2.05) is 0 Å². The second-order valence-corrected chi connectivity index (χ2v) is 3.77. The molecule has 2 rings (SSSR count). The molecule has 1 aromatic carbocycles.